The Balaban J connectivity index is 2.50. The summed E-state index contributed by atoms with van der Waals surface area (Å²) < 4.78 is 0.572. The summed E-state index contributed by atoms with van der Waals surface area (Å²) in [5, 5.41) is 5.19. The Bertz CT molecular complexity index is 441. The summed E-state index contributed by atoms with van der Waals surface area (Å²) in [5.74, 6) is -0.765. The SMILES string of the molecule is NCC(=O)NCC(=O)Nc1cnc(Cl)c(Br)c1. The van der Waals surface area contributed by atoms with Crippen molar-refractivity contribution in [3.63, 3.8) is 0 Å². The number of nitrogens with two attached hydrogens (primary N) is 1. The van der Waals surface area contributed by atoms with Gasteiger partial charge in [-0.25, -0.2) is 4.98 Å². The van der Waals surface area contributed by atoms with Crippen LogP contribution in [0.25, 0.3) is 0 Å². The third-order valence-electron chi connectivity index (χ3n) is 1.71. The first-order valence-corrected chi connectivity index (χ1v) is 5.77. The predicted octanol–water partition coefficient (Wildman–Crippen LogP) is 0.511. The molecule has 1 heterocycles. The second-order valence-corrected chi connectivity index (χ2v) is 4.24. The summed E-state index contributed by atoms with van der Waals surface area (Å²) in [5.41, 5.74) is 5.55. The van der Waals surface area contributed by atoms with Crippen molar-refractivity contribution in [3.05, 3.63) is 21.9 Å². The van der Waals surface area contributed by atoms with Gasteiger partial charge in [-0.3, -0.25) is 9.59 Å². The van der Waals surface area contributed by atoms with E-state index < -0.39 is 5.91 Å². The number of aromatic nitrogens is 1. The van der Waals surface area contributed by atoms with Crippen LogP contribution >= 0.6 is 27.5 Å². The van der Waals surface area contributed by atoms with E-state index in [1.165, 1.54) is 6.20 Å². The average molecular weight is 322 g/mol. The highest BCUT2D eigenvalue weighted by Crippen LogP contribution is 2.22. The lowest BCUT2D eigenvalue weighted by Crippen LogP contribution is -2.36. The van der Waals surface area contributed by atoms with Crippen LogP contribution in [0.1, 0.15) is 0 Å². The van der Waals surface area contributed by atoms with Crippen LogP contribution in [0.2, 0.25) is 5.15 Å². The fraction of sp³-hybridized carbons (Fsp3) is 0.222. The van der Waals surface area contributed by atoms with Crippen LogP contribution in [0.3, 0.4) is 0 Å². The highest BCUT2D eigenvalue weighted by atomic mass is 79.9. The lowest BCUT2D eigenvalue weighted by Gasteiger charge is -2.06. The molecule has 92 valence electrons. The second kappa shape index (κ2) is 6.53. The zero-order chi connectivity index (χ0) is 12.8. The number of rotatable bonds is 4. The number of hydrogen-bond donors (Lipinski definition) is 3. The summed E-state index contributed by atoms with van der Waals surface area (Å²) >= 11 is 8.87. The number of halogens is 2. The Morgan fingerprint density at radius 1 is 1.47 bits per heavy atom. The van der Waals surface area contributed by atoms with E-state index in [1.807, 2.05) is 0 Å². The monoisotopic (exact) mass is 320 g/mol. The van der Waals surface area contributed by atoms with Gasteiger partial charge in [-0.1, -0.05) is 11.6 Å². The lowest BCUT2D eigenvalue weighted by molar-refractivity contribution is -0.123. The van der Waals surface area contributed by atoms with Crippen molar-refractivity contribution in [1.82, 2.24) is 10.3 Å². The van der Waals surface area contributed by atoms with Gasteiger partial charge in [0, 0.05) is 0 Å². The average Bonchev–Trinajstić information content (AvgIpc) is 2.31. The van der Waals surface area contributed by atoms with Gasteiger partial charge in [0.05, 0.1) is 29.4 Å². The molecule has 8 heteroatoms. The lowest BCUT2D eigenvalue weighted by atomic mass is 10.4. The minimum Gasteiger partial charge on any atom is -0.346 e. The van der Waals surface area contributed by atoms with E-state index in [-0.39, 0.29) is 19.0 Å². The van der Waals surface area contributed by atoms with Gasteiger partial charge in [-0.15, -0.1) is 0 Å². The van der Waals surface area contributed by atoms with Gasteiger partial charge in [-0.05, 0) is 22.0 Å². The zero-order valence-electron chi connectivity index (χ0n) is 8.67. The number of carbonyl (C=O) groups is 2. The molecular formula is C9H10BrClN4O2. The quantitative estimate of drug-likeness (QED) is 0.704. The van der Waals surface area contributed by atoms with Crippen LogP contribution in [0.4, 0.5) is 5.69 Å². The van der Waals surface area contributed by atoms with E-state index in [9.17, 15) is 9.59 Å². The van der Waals surface area contributed by atoms with Gasteiger partial charge >= 0.3 is 0 Å². The molecule has 6 nitrogen and oxygen atoms in total. The minimum atomic E-state index is -0.393. The summed E-state index contributed by atoms with van der Waals surface area (Å²) in [6.07, 6.45) is 1.41. The van der Waals surface area contributed by atoms with Crippen molar-refractivity contribution < 1.29 is 9.59 Å². The smallest absolute Gasteiger partial charge is 0.243 e. The molecule has 17 heavy (non-hydrogen) atoms. The number of hydrogen-bond acceptors (Lipinski definition) is 4. The van der Waals surface area contributed by atoms with Gasteiger partial charge < -0.3 is 16.4 Å². The Kier molecular flexibility index (Phi) is 5.33. The highest BCUT2D eigenvalue weighted by Gasteiger charge is 2.06. The Labute approximate surface area is 111 Å². The van der Waals surface area contributed by atoms with Crippen molar-refractivity contribution in [1.29, 1.82) is 0 Å². The predicted molar refractivity (Wildman–Crippen MR) is 67.6 cm³/mol. The van der Waals surface area contributed by atoms with Gasteiger partial charge in [0.25, 0.3) is 0 Å². The third-order valence-corrected chi connectivity index (χ3v) is 2.85. The topological polar surface area (TPSA) is 97.1 Å². The maximum Gasteiger partial charge on any atom is 0.243 e. The summed E-state index contributed by atoms with van der Waals surface area (Å²) in [7, 11) is 0. The molecule has 0 saturated carbocycles. The minimum absolute atomic E-state index is 0.143. The van der Waals surface area contributed by atoms with Crippen molar-refractivity contribution in [2.75, 3.05) is 18.4 Å². The van der Waals surface area contributed by atoms with E-state index in [4.69, 9.17) is 17.3 Å². The molecule has 0 aliphatic rings. The van der Waals surface area contributed by atoms with E-state index in [2.05, 4.69) is 31.5 Å². The Morgan fingerprint density at radius 2 is 2.18 bits per heavy atom. The Hall–Kier alpha value is -1.18. The van der Waals surface area contributed by atoms with Crippen molar-refractivity contribution in [2.24, 2.45) is 5.73 Å². The molecule has 4 N–H and O–H groups in total. The van der Waals surface area contributed by atoms with E-state index >= 15 is 0 Å². The number of anilines is 1. The van der Waals surface area contributed by atoms with Crippen LogP contribution in [0.5, 0.6) is 0 Å². The molecule has 0 unspecified atom stereocenters. The first-order chi connectivity index (χ1) is 8.02. The largest absolute Gasteiger partial charge is 0.346 e. The molecule has 0 fully saturated rings. The maximum atomic E-state index is 11.4. The fourth-order valence-electron chi connectivity index (χ4n) is 0.946. The molecule has 0 radical (unpaired) electrons. The maximum absolute atomic E-state index is 11.4. The summed E-state index contributed by atoms with van der Waals surface area (Å²) in [6, 6.07) is 1.61. The Morgan fingerprint density at radius 3 is 2.76 bits per heavy atom. The van der Waals surface area contributed by atoms with Gasteiger partial charge in [-0.2, -0.15) is 0 Å². The molecule has 0 spiro atoms. The molecule has 0 atom stereocenters. The highest BCUT2D eigenvalue weighted by molar-refractivity contribution is 9.10. The molecule has 2 amide bonds. The first-order valence-electron chi connectivity index (χ1n) is 4.60. The standard InChI is InChI=1S/C9H10BrClN4O2/c10-6-1-5(3-14-9(6)11)15-8(17)4-13-7(16)2-12/h1,3H,2,4,12H2,(H,13,16)(H,15,17). The molecule has 1 aromatic rings. The molecule has 0 saturated heterocycles. The van der Waals surface area contributed by atoms with Gasteiger partial charge in [0.2, 0.25) is 11.8 Å². The molecular weight excluding hydrogens is 311 g/mol. The van der Waals surface area contributed by atoms with Crippen molar-refractivity contribution in [2.45, 2.75) is 0 Å². The molecule has 0 aromatic carbocycles. The number of amides is 2. The zero-order valence-corrected chi connectivity index (χ0v) is 11.0. The first kappa shape index (κ1) is 13.9. The van der Waals surface area contributed by atoms with Crippen LogP contribution in [-0.2, 0) is 9.59 Å². The van der Waals surface area contributed by atoms with Crippen LogP contribution in [0, 0.1) is 0 Å². The second-order valence-electron chi connectivity index (χ2n) is 3.03. The summed E-state index contributed by atoms with van der Waals surface area (Å²) in [4.78, 5) is 26.0. The van der Waals surface area contributed by atoms with E-state index in [1.54, 1.807) is 6.07 Å². The number of carbonyl (C=O) groups excluding carboxylic acids is 2. The molecule has 0 aliphatic heterocycles. The van der Waals surface area contributed by atoms with Crippen molar-refractivity contribution in [3.8, 4) is 0 Å². The molecule has 1 aromatic heterocycles. The van der Waals surface area contributed by atoms with Gasteiger partial charge in [0.1, 0.15) is 5.15 Å². The van der Waals surface area contributed by atoms with Crippen LogP contribution < -0.4 is 16.4 Å². The normalized spacial score (nSPS) is 9.82. The molecule has 0 aliphatic carbocycles. The van der Waals surface area contributed by atoms with Crippen LogP contribution in [-0.4, -0.2) is 29.9 Å². The number of pyridine rings is 1. The number of nitrogens with zero attached hydrogens (tertiary/aromatic N) is 1. The van der Waals surface area contributed by atoms with Gasteiger partial charge in [0.15, 0.2) is 0 Å². The molecule has 0 bridgehead atoms. The van der Waals surface area contributed by atoms with E-state index in [0.29, 0.717) is 15.3 Å². The fourth-order valence-corrected chi connectivity index (χ4v) is 1.40. The molecule has 1 rings (SSSR count). The van der Waals surface area contributed by atoms with Crippen LogP contribution in [0.15, 0.2) is 16.7 Å². The number of nitrogens with one attached hydrogen (secondary N) is 2. The summed E-state index contributed by atoms with van der Waals surface area (Å²) in [6.45, 7) is -0.294. The third kappa shape index (κ3) is 4.68. The van der Waals surface area contributed by atoms with Crippen molar-refractivity contribution >= 4 is 45.0 Å². The van der Waals surface area contributed by atoms with E-state index in [0.717, 1.165) is 0 Å².